The van der Waals surface area contributed by atoms with E-state index in [1.54, 1.807) is 12.1 Å². The van der Waals surface area contributed by atoms with E-state index >= 15 is 0 Å². The van der Waals surface area contributed by atoms with Crippen molar-refractivity contribution in [2.75, 3.05) is 0 Å². The van der Waals surface area contributed by atoms with Gasteiger partial charge in [0, 0.05) is 0 Å². The molecule has 0 N–H and O–H groups in total. The Morgan fingerprint density at radius 3 is 1.49 bits per heavy atom. The Kier molecular flexibility index (Phi) is 19.2. The molecule has 2 aromatic rings. The van der Waals surface area contributed by atoms with Crippen LogP contribution in [0.2, 0.25) is 0 Å². The third-order valence-corrected chi connectivity index (χ3v) is 8.32. The summed E-state index contributed by atoms with van der Waals surface area (Å²) in [6.45, 7) is 4.51. The van der Waals surface area contributed by atoms with Gasteiger partial charge < -0.3 is 4.55 Å². The van der Waals surface area contributed by atoms with Crippen LogP contribution in [0.3, 0.4) is 0 Å². The predicted molar refractivity (Wildman–Crippen MR) is 154 cm³/mol. The average Bonchev–Trinajstić information content (AvgIpc) is 2.86. The maximum Gasteiger partial charge on any atom is 1.00 e. The van der Waals surface area contributed by atoms with Crippen LogP contribution in [0, 0.1) is 0 Å². The summed E-state index contributed by atoms with van der Waals surface area (Å²) in [7, 11) is -4.47. The zero-order valence-electron chi connectivity index (χ0n) is 24.2. The summed E-state index contributed by atoms with van der Waals surface area (Å²) in [5, 5.41) is 2.08. The molecule has 3 nitrogen and oxygen atoms in total. The van der Waals surface area contributed by atoms with Crippen LogP contribution in [-0.4, -0.2) is 13.0 Å². The van der Waals surface area contributed by atoms with Crippen molar-refractivity contribution >= 4 is 20.9 Å². The molecule has 0 aliphatic carbocycles. The molecule has 0 heterocycles. The van der Waals surface area contributed by atoms with E-state index in [-0.39, 0.29) is 34.5 Å². The van der Waals surface area contributed by atoms with E-state index in [2.05, 4.69) is 19.9 Å². The molecule has 37 heavy (non-hydrogen) atoms. The van der Waals surface area contributed by atoms with Crippen LogP contribution >= 0.6 is 0 Å². The molecule has 0 saturated carbocycles. The van der Waals surface area contributed by atoms with E-state index in [4.69, 9.17) is 0 Å². The van der Waals surface area contributed by atoms with Crippen LogP contribution in [-0.2, 0) is 23.0 Å². The van der Waals surface area contributed by atoms with Crippen molar-refractivity contribution in [3.05, 3.63) is 41.5 Å². The van der Waals surface area contributed by atoms with E-state index in [0.717, 1.165) is 43.1 Å². The molecule has 0 aliphatic rings. The van der Waals surface area contributed by atoms with E-state index < -0.39 is 10.1 Å². The second-order valence-corrected chi connectivity index (χ2v) is 12.1. The summed E-state index contributed by atoms with van der Waals surface area (Å²) in [6, 6.07) is 9.41. The number of hydrogen-bond acceptors (Lipinski definition) is 3. The van der Waals surface area contributed by atoms with Crippen LogP contribution in [0.15, 0.2) is 35.2 Å². The Bertz CT molecular complexity index is 971. The summed E-state index contributed by atoms with van der Waals surface area (Å²) in [5.41, 5.74) is 2.34. The molecule has 0 aromatic heterocycles. The first-order valence-electron chi connectivity index (χ1n) is 15.0. The van der Waals surface area contributed by atoms with Gasteiger partial charge in [-0.3, -0.25) is 0 Å². The number of hydrogen-bond donors (Lipinski definition) is 0. The van der Waals surface area contributed by atoms with Crippen LogP contribution in [0.1, 0.15) is 141 Å². The van der Waals surface area contributed by atoms with Gasteiger partial charge in [-0.05, 0) is 59.7 Å². The third kappa shape index (κ3) is 14.0. The number of fused-ring (bicyclic) bond motifs is 1. The van der Waals surface area contributed by atoms with Crippen molar-refractivity contribution in [2.45, 2.75) is 147 Å². The van der Waals surface area contributed by atoms with Crippen molar-refractivity contribution in [2.24, 2.45) is 0 Å². The molecular weight excluding hydrogens is 487 g/mol. The molecule has 0 aliphatic heterocycles. The molecular formula is C32H51NaO3S. The molecule has 2 aromatic carbocycles. The molecule has 0 amide bonds. The quantitative estimate of drug-likeness (QED) is 0.0987. The summed E-state index contributed by atoms with van der Waals surface area (Å²) >= 11 is 0. The van der Waals surface area contributed by atoms with Gasteiger partial charge >= 0.3 is 29.6 Å². The Morgan fingerprint density at radius 1 is 0.595 bits per heavy atom. The van der Waals surface area contributed by atoms with Gasteiger partial charge in [-0.15, -0.1) is 0 Å². The minimum Gasteiger partial charge on any atom is -0.744 e. The van der Waals surface area contributed by atoms with Gasteiger partial charge in [0.15, 0.2) is 0 Å². The minimum atomic E-state index is -4.47. The van der Waals surface area contributed by atoms with Crippen molar-refractivity contribution in [1.29, 1.82) is 0 Å². The minimum absolute atomic E-state index is 0. The number of aryl methyl sites for hydroxylation is 2. The second kappa shape index (κ2) is 20.5. The number of unbranched alkanes of at least 4 members (excludes halogenated alkanes) is 16. The molecule has 204 valence electrons. The van der Waals surface area contributed by atoms with Gasteiger partial charge in [-0.25, -0.2) is 8.42 Å². The van der Waals surface area contributed by atoms with E-state index in [0.29, 0.717) is 0 Å². The molecule has 0 radical (unpaired) electrons. The fourth-order valence-electron chi connectivity index (χ4n) is 5.37. The SMILES string of the molecule is CCCCCCCCCCCc1cccc2cc(S(=O)(=O)[O-])cc(CCCCCCCCCCC)c12.[Na+]. The average molecular weight is 539 g/mol. The molecule has 0 bridgehead atoms. The van der Waals surface area contributed by atoms with E-state index in [1.807, 2.05) is 12.1 Å². The Balaban J connectivity index is 0.00000684. The van der Waals surface area contributed by atoms with Gasteiger partial charge in [0.05, 0.1) is 4.90 Å². The van der Waals surface area contributed by atoms with Gasteiger partial charge in [0.25, 0.3) is 0 Å². The molecule has 2 rings (SSSR count). The number of benzene rings is 2. The van der Waals surface area contributed by atoms with Gasteiger partial charge in [-0.1, -0.05) is 135 Å². The summed E-state index contributed by atoms with van der Waals surface area (Å²) in [6.07, 6.45) is 25.0. The predicted octanol–water partition coefficient (Wildman–Crippen LogP) is 6.89. The standard InChI is InChI=1S/C32H52O3S.Na/c1-3-5-7-9-11-13-15-17-19-22-28-24-21-25-30-27-31(36(33,34)35)26-29(32(28)30)23-20-18-16-14-12-10-8-6-4-2;/h21,24-27H,3-20,22-23H2,1-2H3,(H,33,34,35);/q;+1/p-1. The molecule has 5 heteroatoms. The maximum atomic E-state index is 11.8. The summed E-state index contributed by atoms with van der Waals surface area (Å²) < 4.78 is 35.5. The maximum absolute atomic E-state index is 11.8. The van der Waals surface area contributed by atoms with Crippen molar-refractivity contribution in [1.82, 2.24) is 0 Å². The Labute approximate surface area is 250 Å². The zero-order chi connectivity index (χ0) is 26.1. The van der Waals surface area contributed by atoms with Gasteiger partial charge in [0.1, 0.15) is 10.1 Å². The van der Waals surface area contributed by atoms with Crippen LogP contribution in [0.4, 0.5) is 0 Å². The first-order valence-corrected chi connectivity index (χ1v) is 16.4. The molecule has 0 spiro atoms. The van der Waals surface area contributed by atoms with Crippen molar-refractivity contribution in [3.63, 3.8) is 0 Å². The smallest absolute Gasteiger partial charge is 0.744 e. The second-order valence-electron chi connectivity index (χ2n) is 10.7. The summed E-state index contributed by atoms with van der Waals surface area (Å²) in [5.74, 6) is 0. The largest absolute Gasteiger partial charge is 1.00 e. The van der Waals surface area contributed by atoms with Crippen LogP contribution in [0.5, 0.6) is 0 Å². The summed E-state index contributed by atoms with van der Waals surface area (Å²) in [4.78, 5) is -0.0823. The van der Waals surface area contributed by atoms with Crippen molar-refractivity contribution in [3.8, 4) is 0 Å². The van der Waals surface area contributed by atoms with E-state index in [9.17, 15) is 13.0 Å². The fourth-order valence-corrected chi connectivity index (χ4v) is 5.93. The Morgan fingerprint density at radius 2 is 1.03 bits per heavy atom. The normalized spacial score (nSPS) is 11.6. The molecule has 0 fully saturated rings. The first-order chi connectivity index (χ1) is 17.5. The Hall–Kier alpha value is -0.390. The first kappa shape index (κ1) is 34.6. The fraction of sp³-hybridized carbons (Fsp3) is 0.688. The van der Waals surface area contributed by atoms with E-state index in [1.165, 1.54) is 107 Å². The molecule has 0 saturated heterocycles. The molecule has 0 unspecified atom stereocenters. The van der Waals surface area contributed by atoms with Crippen LogP contribution in [0.25, 0.3) is 10.8 Å². The van der Waals surface area contributed by atoms with Gasteiger partial charge in [0.2, 0.25) is 0 Å². The topological polar surface area (TPSA) is 57.2 Å². The molecule has 0 atom stereocenters. The van der Waals surface area contributed by atoms with Crippen LogP contribution < -0.4 is 29.6 Å². The third-order valence-electron chi connectivity index (χ3n) is 7.51. The van der Waals surface area contributed by atoms with Crippen molar-refractivity contribution < 1.29 is 42.5 Å². The number of rotatable bonds is 21. The monoisotopic (exact) mass is 538 g/mol. The van der Waals surface area contributed by atoms with Gasteiger partial charge in [-0.2, -0.15) is 0 Å². The zero-order valence-corrected chi connectivity index (χ0v) is 27.0.